The van der Waals surface area contributed by atoms with Crippen molar-refractivity contribution < 1.29 is 14.0 Å². The zero-order valence-electron chi connectivity index (χ0n) is 14.6. The van der Waals surface area contributed by atoms with E-state index in [-0.39, 0.29) is 18.3 Å². The van der Waals surface area contributed by atoms with Gasteiger partial charge in [0.1, 0.15) is 5.82 Å². The lowest BCUT2D eigenvalue weighted by Crippen LogP contribution is -2.37. The molecule has 0 aliphatic rings. The monoisotopic (exact) mass is 387 g/mol. The van der Waals surface area contributed by atoms with Crippen LogP contribution >= 0.6 is 11.3 Å². The predicted molar refractivity (Wildman–Crippen MR) is 100 cm³/mol. The minimum absolute atomic E-state index is 0.0917. The molecule has 0 bridgehead atoms. The van der Waals surface area contributed by atoms with E-state index in [1.54, 1.807) is 12.1 Å². The lowest BCUT2D eigenvalue weighted by Gasteiger charge is -2.04. The Morgan fingerprint density at radius 2 is 2.07 bits per heavy atom. The summed E-state index contributed by atoms with van der Waals surface area (Å²) in [5.74, 6) is -0.941. The number of hydrogen-bond donors (Lipinski definition) is 2. The number of nitrogens with zero attached hydrogens (tertiary/aromatic N) is 3. The summed E-state index contributed by atoms with van der Waals surface area (Å²) in [5.41, 5.74) is 0.450. The average Bonchev–Trinajstić information content (AvgIpc) is 3.33. The molecule has 0 fully saturated rings. The van der Waals surface area contributed by atoms with Gasteiger partial charge in [0.05, 0.1) is 17.1 Å². The Bertz CT molecular complexity index is 939. The summed E-state index contributed by atoms with van der Waals surface area (Å²) in [4.78, 5) is 29.1. The molecule has 2 heterocycles. The van der Waals surface area contributed by atoms with Crippen molar-refractivity contribution in [2.75, 3.05) is 13.1 Å². The van der Waals surface area contributed by atoms with Gasteiger partial charge < -0.3 is 10.6 Å². The number of halogens is 1. The maximum absolute atomic E-state index is 13.6. The summed E-state index contributed by atoms with van der Waals surface area (Å²) in [6, 6.07) is 9.56. The summed E-state index contributed by atoms with van der Waals surface area (Å²) in [5, 5.41) is 11.3. The topological polar surface area (TPSA) is 88.9 Å². The molecule has 1 aromatic carbocycles. The normalized spacial score (nSPS) is 10.6. The number of amides is 2. The third kappa shape index (κ3) is 4.56. The van der Waals surface area contributed by atoms with E-state index < -0.39 is 11.7 Å². The first-order valence-electron chi connectivity index (χ1n) is 8.40. The van der Waals surface area contributed by atoms with Crippen LogP contribution in [0.5, 0.6) is 0 Å². The van der Waals surface area contributed by atoms with Crippen molar-refractivity contribution >= 4 is 23.2 Å². The van der Waals surface area contributed by atoms with Crippen LogP contribution in [-0.4, -0.2) is 39.7 Å². The number of carbonyl (C=O) groups excluding carboxylic acids is 2. The van der Waals surface area contributed by atoms with Crippen molar-refractivity contribution in [3.63, 3.8) is 0 Å². The number of benzene rings is 1. The van der Waals surface area contributed by atoms with Crippen molar-refractivity contribution in [1.82, 2.24) is 25.4 Å². The molecule has 0 saturated carbocycles. The van der Waals surface area contributed by atoms with E-state index in [9.17, 15) is 14.0 Å². The molecule has 140 valence electrons. The fourth-order valence-corrected chi connectivity index (χ4v) is 3.03. The number of rotatable bonds is 7. The summed E-state index contributed by atoms with van der Waals surface area (Å²) >= 11 is 1.43. The highest BCUT2D eigenvalue weighted by Crippen LogP contribution is 2.25. The Hall–Kier alpha value is -3.07. The highest BCUT2D eigenvalue weighted by molar-refractivity contribution is 7.13. The van der Waals surface area contributed by atoms with Crippen LogP contribution in [0.25, 0.3) is 16.4 Å². The van der Waals surface area contributed by atoms with E-state index in [0.29, 0.717) is 18.1 Å². The van der Waals surface area contributed by atoms with E-state index in [0.717, 1.165) is 11.3 Å². The molecule has 2 N–H and O–H groups in total. The lowest BCUT2D eigenvalue weighted by molar-refractivity contribution is -0.120. The molecule has 9 heteroatoms. The van der Waals surface area contributed by atoms with Gasteiger partial charge >= 0.3 is 0 Å². The molecule has 0 unspecified atom stereocenters. The number of aromatic nitrogens is 3. The van der Waals surface area contributed by atoms with Gasteiger partial charge in [0, 0.05) is 6.54 Å². The Labute approximate surface area is 159 Å². The van der Waals surface area contributed by atoms with E-state index in [1.165, 1.54) is 28.2 Å². The second-order valence-electron chi connectivity index (χ2n) is 5.66. The van der Waals surface area contributed by atoms with Gasteiger partial charge in [0.2, 0.25) is 11.7 Å². The highest BCUT2D eigenvalue weighted by Gasteiger charge is 2.20. The Morgan fingerprint density at radius 1 is 1.22 bits per heavy atom. The number of carbonyl (C=O) groups is 2. The third-order valence-corrected chi connectivity index (χ3v) is 4.45. The zero-order chi connectivity index (χ0) is 19.2. The molecule has 3 aromatic rings. The summed E-state index contributed by atoms with van der Waals surface area (Å²) in [7, 11) is 0. The maximum Gasteiger partial charge on any atom is 0.291 e. The second-order valence-corrected chi connectivity index (χ2v) is 6.61. The van der Waals surface area contributed by atoms with E-state index >= 15 is 0 Å². The van der Waals surface area contributed by atoms with Gasteiger partial charge in [-0.15, -0.1) is 16.4 Å². The van der Waals surface area contributed by atoms with E-state index in [4.69, 9.17) is 0 Å². The molecule has 0 saturated heterocycles. The number of hydrogen-bond acceptors (Lipinski definition) is 5. The molecule has 0 atom stereocenters. The minimum Gasteiger partial charge on any atom is -0.355 e. The Balaban J connectivity index is 1.86. The minimum atomic E-state index is -0.574. The van der Waals surface area contributed by atoms with Crippen molar-refractivity contribution in [3.05, 3.63) is 53.4 Å². The molecule has 27 heavy (non-hydrogen) atoms. The van der Waals surface area contributed by atoms with Crippen LogP contribution in [0.3, 0.4) is 0 Å². The van der Waals surface area contributed by atoms with Crippen LogP contribution in [0, 0.1) is 5.82 Å². The van der Waals surface area contributed by atoms with Crippen LogP contribution in [0.4, 0.5) is 4.39 Å². The van der Waals surface area contributed by atoms with Crippen molar-refractivity contribution in [3.8, 4) is 16.4 Å². The highest BCUT2D eigenvalue weighted by atomic mass is 32.1. The van der Waals surface area contributed by atoms with Gasteiger partial charge in [-0.3, -0.25) is 9.59 Å². The summed E-state index contributed by atoms with van der Waals surface area (Å²) in [6.45, 7) is 2.32. The number of thiophene rings is 1. The Kier molecular flexibility index (Phi) is 5.92. The van der Waals surface area contributed by atoms with Crippen molar-refractivity contribution in [2.45, 2.75) is 13.3 Å². The molecular formula is C18H18FN5O2S. The van der Waals surface area contributed by atoms with Crippen LogP contribution in [0.2, 0.25) is 0 Å². The molecule has 0 aliphatic heterocycles. The molecular weight excluding hydrogens is 369 g/mol. The third-order valence-electron chi connectivity index (χ3n) is 3.59. The molecule has 0 spiro atoms. The van der Waals surface area contributed by atoms with Gasteiger partial charge in [-0.05, 0) is 36.1 Å². The standard InChI is InChI=1S/C18H18FN5O2S/c1-2-8-20-15(25)11-21-18(26)16-22-17(14-7-4-9-27-14)24(23-16)13-6-3-5-12(19)10-13/h3-7,9-10H,2,8,11H2,1H3,(H,20,25)(H,21,26). The van der Waals surface area contributed by atoms with Crippen molar-refractivity contribution in [2.24, 2.45) is 0 Å². The maximum atomic E-state index is 13.6. The fraction of sp³-hybridized carbons (Fsp3) is 0.222. The van der Waals surface area contributed by atoms with Gasteiger partial charge in [-0.25, -0.2) is 14.1 Å². The van der Waals surface area contributed by atoms with E-state index in [1.807, 2.05) is 24.4 Å². The van der Waals surface area contributed by atoms with Crippen LogP contribution < -0.4 is 10.6 Å². The number of nitrogens with one attached hydrogen (secondary N) is 2. The van der Waals surface area contributed by atoms with Gasteiger partial charge in [-0.1, -0.05) is 19.1 Å². The van der Waals surface area contributed by atoms with Crippen molar-refractivity contribution in [1.29, 1.82) is 0 Å². The van der Waals surface area contributed by atoms with Crippen LogP contribution in [-0.2, 0) is 4.79 Å². The molecule has 2 amide bonds. The van der Waals surface area contributed by atoms with E-state index in [2.05, 4.69) is 20.7 Å². The largest absolute Gasteiger partial charge is 0.355 e. The molecule has 7 nitrogen and oxygen atoms in total. The SMILES string of the molecule is CCCNC(=O)CNC(=O)c1nc(-c2cccs2)n(-c2cccc(F)c2)n1. The lowest BCUT2D eigenvalue weighted by atomic mass is 10.3. The first-order valence-corrected chi connectivity index (χ1v) is 9.28. The van der Waals surface area contributed by atoms with Gasteiger partial charge in [0.25, 0.3) is 5.91 Å². The zero-order valence-corrected chi connectivity index (χ0v) is 15.4. The summed E-state index contributed by atoms with van der Waals surface area (Å²) < 4.78 is 15.0. The summed E-state index contributed by atoms with van der Waals surface area (Å²) in [6.07, 6.45) is 0.809. The average molecular weight is 387 g/mol. The quantitative estimate of drug-likeness (QED) is 0.652. The molecule has 2 aromatic heterocycles. The first-order chi connectivity index (χ1) is 13.1. The van der Waals surface area contributed by atoms with Crippen LogP contribution in [0.15, 0.2) is 41.8 Å². The van der Waals surface area contributed by atoms with Crippen LogP contribution in [0.1, 0.15) is 24.0 Å². The fourth-order valence-electron chi connectivity index (χ4n) is 2.33. The first kappa shape index (κ1) is 18.7. The Morgan fingerprint density at radius 3 is 2.78 bits per heavy atom. The van der Waals surface area contributed by atoms with Gasteiger partial charge in [-0.2, -0.15) is 0 Å². The molecule has 0 aliphatic carbocycles. The van der Waals surface area contributed by atoms with Gasteiger partial charge in [0.15, 0.2) is 5.82 Å². The molecule has 0 radical (unpaired) electrons. The smallest absolute Gasteiger partial charge is 0.291 e. The predicted octanol–water partition coefficient (Wildman–Crippen LogP) is 2.39. The molecule has 3 rings (SSSR count). The second kappa shape index (κ2) is 8.54.